The zero-order valence-corrected chi connectivity index (χ0v) is 10.2. The van der Waals surface area contributed by atoms with E-state index in [4.69, 9.17) is 9.15 Å². The van der Waals surface area contributed by atoms with E-state index in [0.717, 1.165) is 6.42 Å². The van der Waals surface area contributed by atoms with Gasteiger partial charge in [-0.25, -0.2) is 0 Å². The molecular formula is C13H14N2O4. The van der Waals surface area contributed by atoms with Gasteiger partial charge in [-0.1, -0.05) is 0 Å². The topological polar surface area (TPSA) is 80.6 Å². The van der Waals surface area contributed by atoms with E-state index in [9.17, 15) is 9.59 Å². The van der Waals surface area contributed by atoms with Crippen LogP contribution in [0.4, 0.5) is 0 Å². The number of hydrogen-bond acceptors (Lipinski definition) is 4. The molecule has 0 spiro atoms. The Bertz CT molecular complexity index is 527. The van der Waals surface area contributed by atoms with Crippen molar-refractivity contribution < 1.29 is 18.7 Å². The van der Waals surface area contributed by atoms with Gasteiger partial charge in [-0.2, -0.15) is 0 Å². The highest BCUT2D eigenvalue weighted by atomic mass is 16.5. The third-order valence-electron chi connectivity index (χ3n) is 4.39. The largest absolute Gasteiger partial charge is 0.459 e. The summed E-state index contributed by atoms with van der Waals surface area (Å²) in [5.74, 6) is 0.670. The molecule has 2 aliphatic heterocycles. The summed E-state index contributed by atoms with van der Waals surface area (Å²) in [6.45, 7) is 0. The molecule has 3 fully saturated rings. The van der Waals surface area contributed by atoms with E-state index in [1.165, 1.54) is 18.8 Å². The minimum Gasteiger partial charge on any atom is -0.459 e. The van der Waals surface area contributed by atoms with Crippen LogP contribution in [0.5, 0.6) is 0 Å². The van der Waals surface area contributed by atoms with Crippen molar-refractivity contribution in [2.75, 3.05) is 0 Å². The molecule has 0 unspecified atom stereocenters. The highest BCUT2D eigenvalue weighted by Crippen LogP contribution is 2.60. The zero-order chi connectivity index (χ0) is 13.0. The number of carbonyl (C=O) groups excluding carboxylic acids is 2. The summed E-state index contributed by atoms with van der Waals surface area (Å²) < 4.78 is 10.7. The number of ether oxygens (including phenoxy) is 1. The molecule has 19 heavy (non-hydrogen) atoms. The Kier molecular flexibility index (Phi) is 2.23. The van der Waals surface area contributed by atoms with Gasteiger partial charge in [-0.05, 0) is 36.8 Å². The molecule has 1 aromatic rings. The molecular weight excluding hydrogens is 248 g/mol. The van der Waals surface area contributed by atoms with Crippen molar-refractivity contribution in [1.29, 1.82) is 0 Å². The number of furan rings is 1. The van der Waals surface area contributed by atoms with Crippen molar-refractivity contribution in [2.45, 2.75) is 25.0 Å². The van der Waals surface area contributed by atoms with Crippen LogP contribution < -0.4 is 10.9 Å². The van der Waals surface area contributed by atoms with Crippen LogP contribution in [0.3, 0.4) is 0 Å². The molecule has 3 aliphatic rings. The van der Waals surface area contributed by atoms with E-state index in [-0.39, 0.29) is 29.8 Å². The summed E-state index contributed by atoms with van der Waals surface area (Å²) in [7, 11) is 0. The molecule has 100 valence electrons. The zero-order valence-electron chi connectivity index (χ0n) is 10.2. The van der Waals surface area contributed by atoms with Gasteiger partial charge in [0.2, 0.25) is 5.91 Å². The summed E-state index contributed by atoms with van der Waals surface area (Å²) in [6, 6.07) is 3.16. The number of hydrogen-bond donors (Lipinski definition) is 2. The van der Waals surface area contributed by atoms with E-state index in [1.807, 2.05) is 0 Å². The van der Waals surface area contributed by atoms with Crippen LogP contribution in [0.25, 0.3) is 0 Å². The maximum Gasteiger partial charge on any atom is 0.305 e. The average molecular weight is 262 g/mol. The van der Waals surface area contributed by atoms with E-state index < -0.39 is 5.91 Å². The van der Waals surface area contributed by atoms with E-state index in [0.29, 0.717) is 11.8 Å². The molecule has 2 bridgehead atoms. The number of nitrogens with one attached hydrogen (secondary N) is 2. The van der Waals surface area contributed by atoms with E-state index in [1.54, 1.807) is 6.07 Å². The lowest BCUT2D eigenvalue weighted by Gasteiger charge is -2.17. The highest BCUT2D eigenvalue weighted by molar-refractivity contribution is 5.93. The van der Waals surface area contributed by atoms with Gasteiger partial charge < -0.3 is 9.15 Å². The van der Waals surface area contributed by atoms with Gasteiger partial charge in [-0.15, -0.1) is 0 Å². The van der Waals surface area contributed by atoms with Gasteiger partial charge in [0.05, 0.1) is 24.4 Å². The molecule has 5 atom stereocenters. The molecule has 0 radical (unpaired) electrons. The second kappa shape index (κ2) is 3.84. The lowest BCUT2D eigenvalue weighted by Crippen LogP contribution is -2.46. The van der Waals surface area contributed by atoms with Gasteiger partial charge in [0, 0.05) is 0 Å². The molecule has 6 heteroatoms. The van der Waals surface area contributed by atoms with Gasteiger partial charge in [0.25, 0.3) is 0 Å². The Hall–Kier alpha value is -1.82. The quantitative estimate of drug-likeness (QED) is 0.759. The summed E-state index contributed by atoms with van der Waals surface area (Å²) >= 11 is 0. The molecule has 1 aliphatic carbocycles. The molecule has 2 N–H and O–H groups in total. The normalized spacial score (nSPS) is 37.8. The Morgan fingerprint density at radius 1 is 1.21 bits per heavy atom. The highest BCUT2D eigenvalue weighted by Gasteiger charge is 2.64. The Morgan fingerprint density at radius 2 is 2.11 bits per heavy atom. The minimum atomic E-state index is -0.452. The predicted molar refractivity (Wildman–Crippen MR) is 62.7 cm³/mol. The third kappa shape index (κ3) is 1.67. The van der Waals surface area contributed by atoms with Gasteiger partial charge in [0.15, 0.2) is 5.76 Å². The number of fused-ring (bicyclic) bond motifs is 5. The molecule has 4 rings (SSSR count). The monoisotopic (exact) mass is 262 g/mol. The molecule has 3 heterocycles. The molecule has 2 saturated heterocycles. The van der Waals surface area contributed by atoms with Crippen molar-refractivity contribution in [2.24, 2.45) is 17.8 Å². The molecule has 1 saturated carbocycles. The number of carbonyl (C=O) groups is 2. The fourth-order valence-electron chi connectivity index (χ4n) is 3.39. The third-order valence-corrected chi connectivity index (χ3v) is 4.39. The number of rotatable bonds is 2. The second-order valence-corrected chi connectivity index (χ2v) is 5.47. The molecule has 0 aromatic carbocycles. The Labute approximate surface area is 109 Å². The lowest BCUT2D eigenvalue weighted by atomic mass is 9.89. The maximum atomic E-state index is 12.0. The summed E-state index contributed by atoms with van der Waals surface area (Å²) in [5, 5.41) is 0. The van der Waals surface area contributed by atoms with Crippen molar-refractivity contribution in [3.63, 3.8) is 0 Å². The smallest absolute Gasteiger partial charge is 0.305 e. The van der Waals surface area contributed by atoms with Crippen molar-refractivity contribution in [3.05, 3.63) is 24.2 Å². The fourth-order valence-corrected chi connectivity index (χ4v) is 3.39. The van der Waals surface area contributed by atoms with E-state index in [2.05, 4.69) is 10.9 Å². The number of amides is 2. The Balaban J connectivity index is 1.34. The Morgan fingerprint density at radius 3 is 2.79 bits per heavy atom. The SMILES string of the molecule is O=C(NNC(=O)[C@@H]1C[C@@H]2O[C@H]1[C@H]1C[C@H]12)c1ccco1. The average Bonchev–Trinajstić information content (AvgIpc) is 2.85. The molecule has 2 amide bonds. The van der Waals surface area contributed by atoms with Crippen LogP contribution >= 0.6 is 0 Å². The van der Waals surface area contributed by atoms with Crippen LogP contribution in [0, 0.1) is 17.8 Å². The first-order chi connectivity index (χ1) is 9.24. The second-order valence-electron chi connectivity index (χ2n) is 5.47. The summed E-state index contributed by atoms with van der Waals surface area (Å²) in [6.07, 6.45) is 3.68. The number of hydrazine groups is 1. The van der Waals surface area contributed by atoms with Crippen LogP contribution in [0.2, 0.25) is 0 Å². The van der Waals surface area contributed by atoms with Crippen molar-refractivity contribution in [1.82, 2.24) is 10.9 Å². The summed E-state index contributed by atoms with van der Waals surface area (Å²) in [5.41, 5.74) is 4.82. The van der Waals surface area contributed by atoms with Crippen LogP contribution in [-0.4, -0.2) is 24.0 Å². The van der Waals surface area contributed by atoms with Gasteiger partial charge >= 0.3 is 5.91 Å². The van der Waals surface area contributed by atoms with Crippen LogP contribution in [0.15, 0.2) is 22.8 Å². The van der Waals surface area contributed by atoms with Crippen LogP contribution in [0.1, 0.15) is 23.4 Å². The molecule has 1 aromatic heterocycles. The standard InChI is InChI=1S/C13H14N2O4/c16-12(14-15-13(17)9-2-1-3-18-9)8-5-10-6-4-7(6)11(8)19-10/h1-3,6-8,10-11H,4-5H2,(H,14,16)(H,15,17)/t6-,7+,8-,10+,11+/m1/s1. The van der Waals surface area contributed by atoms with Gasteiger partial charge in [0.1, 0.15) is 0 Å². The first-order valence-electron chi connectivity index (χ1n) is 6.53. The first-order valence-corrected chi connectivity index (χ1v) is 6.53. The minimum absolute atomic E-state index is 0.0514. The van der Waals surface area contributed by atoms with Gasteiger partial charge in [-0.3, -0.25) is 20.4 Å². The summed E-state index contributed by atoms with van der Waals surface area (Å²) in [4.78, 5) is 23.6. The molecule has 6 nitrogen and oxygen atoms in total. The first kappa shape index (κ1) is 11.0. The maximum absolute atomic E-state index is 12.0. The van der Waals surface area contributed by atoms with Crippen LogP contribution in [-0.2, 0) is 9.53 Å². The van der Waals surface area contributed by atoms with Crippen molar-refractivity contribution >= 4 is 11.8 Å². The van der Waals surface area contributed by atoms with E-state index >= 15 is 0 Å². The predicted octanol–water partition coefficient (Wildman–Crippen LogP) is 0.464. The lowest BCUT2D eigenvalue weighted by molar-refractivity contribution is -0.127. The fraction of sp³-hybridized carbons (Fsp3) is 0.538. The van der Waals surface area contributed by atoms with Crippen molar-refractivity contribution in [3.8, 4) is 0 Å².